The zero-order valence-electron chi connectivity index (χ0n) is 14.2. The van der Waals surface area contributed by atoms with Crippen molar-refractivity contribution in [2.75, 3.05) is 7.11 Å². The number of phenols is 1. The number of nitrogens with zero attached hydrogens (tertiary/aromatic N) is 3. The summed E-state index contributed by atoms with van der Waals surface area (Å²) in [5.41, 5.74) is 3.92. The average molecular weight is 537 g/mol. The summed E-state index contributed by atoms with van der Waals surface area (Å²) < 4.78 is 5.15. The first kappa shape index (κ1) is 17.4. The Hall–Kier alpha value is -2.98. The van der Waals surface area contributed by atoms with E-state index in [2.05, 4.69) is 15.0 Å². The van der Waals surface area contributed by atoms with Crippen LogP contribution in [-0.2, 0) is 21.1 Å². The van der Waals surface area contributed by atoms with Crippen molar-refractivity contribution >= 4 is 32.8 Å². The van der Waals surface area contributed by atoms with E-state index in [1.807, 2.05) is 24.3 Å². The van der Waals surface area contributed by atoms with Gasteiger partial charge in [0.25, 0.3) is 0 Å². The minimum atomic E-state index is 0. The molecule has 0 spiro atoms. The molecule has 0 amide bonds. The third-order valence-corrected chi connectivity index (χ3v) is 4.53. The normalized spacial score (nSPS) is 11.0. The van der Waals surface area contributed by atoms with Crippen LogP contribution in [0.15, 0.2) is 54.9 Å². The molecule has 3 aromatic heterocycles. The molecule has 0 unspecified atom stereocenters. The molecule has 3 heterocycles. The standard InChI is InChI=1S/C20H14N4O2.Pt/c1-26-11-6-7-12(15(25)10-11)20-23-18-13-4-2-8-21-16(13)17-14(19(18)24-20)5-3-9-22-17;/h2-10,25H,1H3,(H,23,24);. The van der Waals surface area contributed by atoms with Crippen LogP contribution in [-0.4, -0.2) is 32.2 Å². The van der Waals surface area contributed by atoms with E-state index in [4.69, 9.17) is 9.72 Å². The summed E-state index contributed by atoms with van der Waals surface area (Å²) in [5, 5.41) is 12.2. The number of methoxy groups -OCH3 is 1. The van der Waals surface area contributed by atoms with E-state index >= 15 is 0 Å². The summed E-state index contributed by atoms with van der Waals surface area (Å²) in [7, 11) is 1.56. The number of H-pyrrole nitrogens is 1. The van der Waals surface area contributed by atoms with E-state index in [-0.39, 0.29) is 26.8 Å². The van der Waals surface area contributed by atoms with E-state index < -0.39 is 0 Å². The first-order valence-electron chi connectivity index (χ1n) is 8.15. The Morgan fingerprint density at radius 3 is 2.33 bits per heavy atom. The molecule has 0 bridgehead atoms. The summed E-state index contributed by atoms with van der Waals surface area (Å²) in [6, 6.07) is 12.9. The number of ether oxygens (including phenoxy) is 1. The van der Waals surface area contributed by atoms with E-state index in [1.54, 1.807) is 37.7 Å². The van der Waals surface area contributed by atoms with Crippen LogP contribution in [0.5, 0.6) is 11.5 Å². The molecule has 136 valence electrons. The molecule has 0 aliphatic heterocycles. The van der Waals surface area contributed by atoms with Crippen LogP contribution in [0, 0.1) is 0 Å². The van der Waals surface area contributed by atoms with Crippen molar-refractivity contribution in [2.45, 2.75) is 0 Å². The van der Waals surface area contributed by atoms with Crippen LogP contribution >= 0.6 is 0 Å². The van der Waals surface area contributed by atoms with Gasteiger partial charge < -0.3 is 14.8 Å². The summed E-state index contributed by atoms with van der Waals surface area (Å²) >= 11 is 0. The topological polar surface area (TPSA) is 83.9 Å². The average Bonchev–Trinajstić information content (AvgIpc) is 3.13. The molecule has 0 fully saturated rings. The van der Waals surface area contributed by atoms with Crippen LogP contribution in [0.25, 0.3) is 44.2 Å². The maximum absolute atomic E-state index is 10.4. The van der Waals surface area contributed by atoms with Gasteiger partial charge in [-0.15, -0.1) is 0 Å². The second-order valence-corrected chi connectivity index (χ2v) is 5.99. The Bertz CT molecular complexity index is 1230. The number of benzene rings is 2. The van der Waals surface area contributed by atoms with Gasteiger partial charge >= 0.3 is 0 Å². The molecular formula is C20H14N4O2Pt. The largest absolute Gasteiger partial charge is 0.507 e. The molecule has 2 N–H and O–H groups in total. The maximum Gasteiger partial charge on any atom is 0.142 e. The minimum absolute atomic E-state index is 0. The van der Waals surface area contributed by atoms with Gasteiger partial charge in [-0.1, -0.05) is 0 Å². The summed E-state index contributed by atoms with van der Waals surface area (Å²) in [5.74, 6) is 1.28. The predicted octanol–water partition coefficient (Wildman–Crippen LogP) is 4.04. The number of fused-ring (bicyclic) bond motifs is 6. The number of imidazole rings is 1. The van der Waals surface area contributed by atoms with Crippen LogP contribution in [0.4, 0.5) is 0 Å². The Kier molecular flexibility index (Phi) is 4.28. The van der Waals surface area contributed by atoms with Crippen molar-refractivity contribution in [3.8, 4) is 22.9 Å². The number of hydrogen-bond donors (Lipinski definition) is 2. The molecule has 0 radical (unpaired) electrons. The second kappa shape index (κ2) is 6.63. The molecule has 0 aliphatic carbocycles. The summed E-state index contributed by atoms with van der Waals surface area (Å²) in [6.45, 7) is 0. The molecule has 6 nitrogen and oxygen atoms in total. The zero-order chi connectivity index (χ0) is 17.7. The zero-order valence-corrected chi connectivity index (χ0v) is 16.5. The van der Waals surface area contributed by atoms with Gasteiger partial charge in [-0.2, -0.15) is 0 Å². The van der Waals surface area contributed by atoms with Crippen molar-refractivity contribution in [1.29, 1.82) is 0 Å². The number of pyridine rings is 2. The van der Waals surface area contributed by atoms with Gasteiger partial charge in [0, 0.05) is 50.3 Å². The molecule has 0 aliphatic rings. The number of aromatic nitrogens is 4. The van der Waals surface area contributed by atoms with E-state index in [0.717, 1.165) is 32.8 Å². The fourth-order valence-corrected chi connectivity index (χ4v) is 3.31. The van der Waals surface area contributed by atoms with Gasteiger partial charge in [-0.05, 0) is 36.4 Å². The Labute approximate surface area is 168 Å². The fraction of sp³-hybridized carbons (Fsp3) is 0.0500. The molecule has 5 rings (SSSR count). The monoisotopic (exact) mass is 537 g/mol. The molecule has 0 saturated carbocycles. The molecule has 27 heavy (non-hydrogen) atoms. The van der Waals surface area contributed by atoms with Gasteiger partial charge in [0.2, 0.25) is 0 Å². The smallest absolute Gasteiger partial charge is 0.142 e. The molecule has 0 saturated heterocycles. The maximum atomic E-state index is 10.4. The van der Waals surface area contributed by atoms with Gasteiger partial charge in [0.1, 0.15) is 17.3 Å². The molecule has 2 aromatic carbocycles. The number of hydrogen-bond acceptors (Lipinski definition) is 5. The summed E-state index contributed by atoms with van der Waals surface area (Å²) in [6.07, 6.45) is 3.51. The van der Waals surface area contributed by atoms with Crippen LogP contribution < -0.4 is 4.74 Å². The number of phenolic OH excluding ortho intramolecular Hbond substituents is 1. The molecule has 0 atom stereocenters. The van der Waals surface area contributed by atoms with Crippen molar-refractivity contribution < 1.29 is 30.9 Å². The molecular weight excluding hydrogens is 523 g/mol. The quantitative estimate of drug-likeness (QED) is 0.332. The number of aromatic amines is 1. The number of nitrogens with one attached hydrogen (secondary N) is 1. The second-order valence-electron chi connectivity index (χ2n) is 5.99. The minimum Gasteiger partial charge on any atom is -0.507 e. The summed E-state index contributed by atoms with van der Waals surface area (Å²) in [4.78, 5) is 17.1. The Balaban J connectivity index is 0.00000180. The van der Waals surface area contributed by atoms with Crippen LogP contribution in [0.1, 0.15) is 0 Å². The first-order chi connectivity index (χ1) is 12.8. The van der Waals surface area contributed by atoms with Crippen LogP contribution in [0.2, 0.25) is 0 Å². The van der Waals surface area contributed by atoms with Crippen molar-refractivity contribution in [3.63, 3.8) is 0 Å². The first-order valence-corrected chi connectivity index (χ1v) is 8.15. The fourth-order valence-electron chi connectivity index (χ4n) is 3.31. The Morgan fingerprint density at radius 2 is 1.63 bits per heavy atom. The number of aromatic hydroxyl groups is 1. The third kappa shape index (κ3) is 2.64. The van der Waals surface area contributed by atoms with Gasteiger partial charge in [-0.3, -0.25) is 9.97 Å². The van der Waals surface area contributed by atoms with Gasteiger partial charge in [0.15, 0.2) is 0 Å². The van der Waals surface area contributed by atoms with E-state index in [0.29, 0.717) is 17.1 Å². The van der Waals surface area contributed by atoms with Crippen molar-refractivity contribution in [2.24, 2.45) is 0 Å². The SMILES string of the molecule is COc1ccc(-c2nc3c4cccnc4c4ncccc4c3[nH]2)c(O)c1.[Pt]. The van der Waals surface area contributed by atoms with E-state index in [1.165, 1.54) is 0 Å². The van der Waals surface area contributed by atoms with Crippen molar-refractivity contribution in [3.05, 3.63) is 54.9 Å². The van der Waals surface area contributed by atoms with Gasteiger partial charge in [-0.25, -0.2) is 4.98 Å². The van der Waals surface area contributed by atoms with E-state index in [9.17, 15) is 5.11 Å². The van der Waals surface area contributed by atoms with Crippen LogP contribution in [0.3, 0.4) is 0 Å². The third-order valence-electron chi connectivity index (χ3n) is 4.53. The molecule has 7 heteroatoms. The van der Waals surface area contributed by atoms with Gasteiger partial charge in [0.05, 0.1) is 34.7 Å². The predicted molar refractivity (Wildman–Crippen MR) is 100 cm³/mol. The Morgan fingerprint density at radius 1 is 0.926 bits per heavy atom. The number of rotatable bonds is 2. The van der Waals surface area contributed by atoms with Crippen molar-refractivity contribution in [1.82, 2.24) is 19.9 Å². The molecule has 5 aromatic rings.